The van der Waals surface area contributed by atoms with Crippen molar-refractivity contribution in [1.82, 2.24) is 0 Å². The third kappa shape index (κ3) is 101. The molecular weight excluding hydrogens is 1490 g/mol. The average molecular weight is 1690 g/mol. The lowest BCUT2D eigenvalue weighted by Crippen LogP contribution is -2.30. The van der Waals surface area contributed by atoms with Gasteiger partial charge in [-0.15, -0.1) is 0 Å². The molecule has 0 aliphatic heterocycles. The van der Waals surface area contributed by atoms with Crippen LogP contribution in [-0.4, -0.2) is 74.5 Å². The van der Waals surface area contributed by atoms with Gasteiger partial charge >= 0.3 is 35.8 Å². The fourth-order valence-corrected chi connectivity index (χ4v) is 15.9. The molecule has 1 atom stereocenters. The number of hydrogen-bond acceptors (Lipinski definition) is 12. The van der Waals surface area contributed by atoms with E-state index in [9.17, 15) is 28.8 Å². The first kappa shape index (κ1) is 118. The molecule has 0 radical (unpaired) electrons. The maximum Gasteiger partial charge on any atom is 0.306 e. The van der Waals surface area contributed by atoms with Crippen LogP contribution in [0.4, 0.5) is 0 Å². The van der Waals surface area contributed by atoms with Crippen LogP contribution in [0.1, 0.15) is 594 Å². The molecule has 0 heterocycles. The van der Waals surface area contributed by atoms with E-state index < -0.39 is 12.2 Å². The molecule has 0 amide bonds. The Morgan fingerprint density at radius 3 is 0.417 bits per heavy atom. The van der Waals surface area contributed by atoms with Crippen molar-refractivity contribution in [3.8, 4) is 0 Å². The SMILES string of the molecule is CCCCCCCCC=CCCCCCCCC(=O)OC(COC(=O)CCCCCCCCCCCCCCC)COC(=O)CCCCCCCCCCCCCCC.CCCCCCCCC=CCCCCCCCC(=O)OC(COC(=O)CCCCCCCCCCCCCCC)COC(=O)CCCCCCCCCCCCCCCCC. The van der Waals surface area contributed by atoms with E-state index in [-0.39, 0.29) is 62.2 Å². The molecule has 0 rings (SSSR count). The molecule has 120 heavy (non-hydrogen) atoms. The zero-order chi connectivity index (χ0) is 87.3. The number of hydrogen-bond donors (Lipinski definition) is 0. The van der Waals surface area contributed by atoms with Crippen molar-refractivity contribution < 1.29 is 57.2 Å². The fraction of sp³-hybridized carbons (Fsp3) is 0.907. The Labute approximate surface area is 745 Å². The summed E-state index contributed by atoms with van der Waals surface area (Å²) in [6.45, 7) is 13.3. The molecular formula is C108H204O12. The van der Waals surface area contributed by atoms with Crippen molar-refractivity contribution in [2.24, 2.45) is 0 Å². The van der Waals surface area contributed by atoms with E-state index in [1.807, 2.05) is 0 Å². The summed E-state index contributed by atoms with van der Waals surface area (Å²) in [7, 11) is 0. The number of esters is 6. The van der Waals surface area contributed by atoms with Crippen molar-refractivity contribution in [2.45, 2.75) is 606 Å². The van der Waals surface area contributed by atoms with E-state index in [4.69, 9.17) is 28.4 Å². The highest BCUT2D eigenvalue weighted by molar-refractivity contribution is 5.72. The van der Waals surface area contributed by atoms with E-state index in [2.05, 4.69) is 65.8 Å². The smallest absolute Gasteiger partial charge is 0.306 e. The predicted molar refractivity (Wildman–Crippen MR) is 513 cm³/mol. The van der Waals surface area contributed by atoms with Gasteiger partial charge in [0.2, 0.25) is 0 Å². The normalized spacial score (nSPS) is 11.8. The molecule has 0 aliphatic rings. The minimum absolute atomic E-state index is 0.0677. The summed E-state index contributed by atoms with van der Waals surface area (Å²) in [5, 5.41) is 0. The number of carbonyl (C=O) groups is 6. The van der Waals surface area contributed by atoms with Gasteiger partial charge in [-0.3, -0.25) is 28.8 Å². The Kier molecular flexibility index (Phi) is 103. The standard InChI is InChI=1S/C55H104O6.C53H100O6/c1-4-7-10-13-16-19-22-25-27-30-33-36-39-42-45-48-54(57)60-51-52(50-59-53(56)47-44-41-38-35-32-29-24-21-18-15-12-9-6-3)61-55(58)49-46-43-40-37-34-31-28-26-23-20-17-14-11-8-5-2;1-4-7-10-13-16-19-22-25-26-29-32-35-38-41-44-47-53(56)59-50(48-57-51(54)45-42-39-36-33-30-27-23-20-17-14-11-8-5-2)49-58-52(55)46-43-40-37-34-31-28-24-21-18-15-12-9-6-3/h26,28,52H,4-25,27,29-51H2,1-3H3;25-26,50H,4-24,27-49H2,1-3H3. The van der Waals surface area contributed by atoms with Crippen molar-refractivity contribution in [2.75, 3.05) is 26.4 Å². The Balaban J connectivity index is 0. The molecule has 1 unspecified atom stereocenters. The summed E-state index contributed by atoms with van der Waals surface area (Å²) in [4.78, 5) is 75.9. The van der Waals surface area contributed by atoms with Crippen molar-refractivity contribution in [1.29, 1.82) is 0 Å². The molecule has 12 nitrogen and oxygen atoms in total. The Morgan fingerprint density at radius 2 is 0.275 bits per heavy atom. The maximum absolute atomic E-state index is 12.8. The quantitative estimate of drug-likeness (QED) is 0.0246. The van der Waals surface area contributed by atoms with Gasteiger partial charge in [0.1, 0.15) is 26.4 Å². The lowest BCUT2D eigenvalue weighted by Gasteiger charge is -2.18. The minimum atomic E-state index is -0.767. The van der Waals surface area contributed by atoms with Gasteiger partial charge in [0.25, 0.3) is 0 Å². The first-order valence-electron chi connectivity index (χ1n) is 53.4. The molecule has 0 bridgehead atoms. The molecule has 0 saturated heterocycles. The van der Waals surface area contributed by atoms with E-state index in [0.29, 0.717) is 38.5 Å². The summed E-state index contributed by atoms with van der Waals surface area (Å²) in [6.07, 6.45) is 109. The highest BCUT2D eigenvalue weighted by atomic mass is 16.6. The summed E-state index contributed by atoms with van der Waals surface area (Å²) in [5.41, 5.74) is 0. The molecule has 0 aromatic rings. The highest BCUT2D eigenvalue weighted by Gasteiger charge is 2.22. The molecule has 0 aromatic carbocycles. The molecule has 0 spiro atoms. The fourth-order valence-electron chi connectivity index (χ4n) is 15.9. The summed E-state index contributed by atoms with van der Waals surface area (Å²) >= 11 is 0. The van der Waals surface area contributed by atoms with Gasteiger partial charge < -0.3 is 28.4 Å². The third-order valence-corrected chi connectivity index (χ3v) is 24.0. The van der Waals surface area contributed by atoms with Gasteiger partial charge in [0.05, 0.1) is 0 Å². The van der Waals surface area contributed by atoms with Gasteiger partial charge in [0.15, 0.2) is 12.2 Å². The van der Waals surface area contributed by atoms with Gasteiger partial charge in [-0.05, 0) is 89.9 Å². The van der Waals surface area contributed by atoms with Gasteiger partial charge in [-0.1, -0.05) is 490 Å². The van der Waals surface area contributed by atoms with Crippen molar-refractivity contribution in [3.63, 3.8) is 0 Å². The molecule has 0 aliphatic carbocycles. The van der Waals surface area contributed by atoms with Crippen LogP contribution in [-0.2, 0) is 57.2 Å². The van der Waals surface area contributed by atoms with Crippen LogP contribution in [0.15, 0.2) is 24.3 Å². The Bertz CT molecular complexity index is 2110. The van der Waals surface area contributed by atoms with E-state index in [1.54, 1.807) is 0 Å². The number of rotatable bonds is 98. The van der Waals surface area contributed by atoms with Crippen molar-refractivity contribution in [3.05, 3.63) is 24.3 Å². The summed E-state index contributed by atoms with van der Waals surface area (Å²) in [6, 6.07) is 0. The topological polar surface area (TPSA) is 158 Å². The number of allylic oxidation sites excluding steroid dienone is 4. The van der Waals surface area contributed by atoms with Crippen LogP contribution in [0.25, 0.3) is 0 Å². The van der Waals surface area contributed by atoms with Crippen LogP contribution in [0, 0.1) is 0 Å². The zero-order valence-corrected chi connectivity index (χ0v) is 81.0. The molecule has 12 heteroatoms. The molecule has 708 valence electrons. The van der Waals surface area contributed by atoms with Gasteiger partial charge in [-0.25, -0.2) is 0 Å². The number of carbonyl (C=O) groups excluding carboxylic acids is 6. The van der Waals surface area contributed by atoms with Crippen molar-refractivity contribution >= 4 is 35.8 Å². The monoisotopic (exact) mass is 1690 g/mol. The minimum Gasteiger partial charge on any atom is -0.462 e. The second-order valence-electron chi connectivity index (χ2n) is 36.3. The highest BCUT2D eigenvalue weighted by Crippen LogP contribution is 2.22. The number of ether oxygens (including phenoxy) is 6. The van der Waals surface area contributed by atoms with Crippen LogP contribution < -0.4 is 0 Å². The zero-order valence-electron chi connectivity index (χ0n) is 81.0. The molecule has 0 fully saturated rings. The van der Waals surface area contributed by atoms with Crippen LogP contribution >= 0.6 is 0 Å². The first-order valence-corrected chi connectivity index (χ1v) is 53.4. The molecule has 0 N–H and O–H groups in total. The third-order valence-electron chi connectivity index (χ3n) is 24.0. The maximum atomic E-state index is 12.8. The average Bonchev–Trinajstić information content (AvgIpc) is 0.946. The first-order chi connectivity index (χ1) is 59.1. The Hall–Kier alpha value is -3.70. The molecule has 0 saturated carbocycles. The van der Waals surface area contributed by atoms with Gasteiger partial charge in [-0.2, -0.15) is 0 Å². The van der Waals surface area contributed by atoms with Crippen LogP contribution in [0.2, 0.25) is 0 Å². The Morgan fingerprint density at radius 1 is 0.158 bits per heavy atom. The van der Waals surface area contributed by atoms with Gasteiger partial charge in [0, 0.05) is 38.5 Å². The lowest BCUT2D eigenvalue weighted by atomic mass is 10.0. The second-order valence-corrected chi connectivity index (χ2v) is 36.3. The predicted octanol–water partition coefficient (Wildman–Crippen LogP) is 34.7. The van der Waals surface area contributed by atoms with Crippen LogP contribution in [0.3, 0.4) is 0 Å². The molecule has 0 aromatic heterocycles. The van der Waals surface area contributed by atoms with Crippen LogP contribution in [0.5, 0.6) is 0 Å². The van der Waals surface area contributed by atoms with E-state index in [1.165, 1.54) is 385 Å². The van der Waals surface area contributed by atoms with E-state index in [0.717, 1.165) is 128 Å². The lowest BCUT2D eigenvalue weighted by molar-refractivity contribution is -0.167. The summed E-state index contributed by atoms with van der Waals surface area (Å²) in [5.74, 6) is -1.72. The summed E-state index contributed by atoms with van der Waals surface area (Å²) < 4.78 is 33.6. The van der Waals surface area contributed by atoms with E-state index >= 15 is 0 Å². The second kappa shape index (κ2) is 104. The largest absolute Gasteiger partial charge is 0.462 e. The number of unbranched alkanes of at least 4 members (excludes halogenated alkanes) is 72.